The molecule has 1 heterocycles. The summed E-state index contributed by atoms with van der Waals surface area (Å²) in [6, 6.07) is 0.525. The first-order valence-electron chi connectivity index (χ1n) is 8.44. The number of hydrogen-bond donors (Lipinski definition) is 2. The van der Waals surface area contributed by atoms with E-state index in [9.17, 15) is 5.11 Å². The summed E-state index contributed by atoms with van der Waals surface area (Å²) in [6.45, 7) is 8.15. The van der Waals surface area contributed by atoms with Crippen LogP contribution >= 0.6 is 0 Å². The highest BCUT2D eigenvalue weighted by Crippen LogP contribution is 2.38. The van der Waals surface area contributed by atoms with Gasteiger partial charge < -0.3 is 15.2 Å². The number of aliphatic hydroxyl groups excluding tert-OH is 1. The fraction of sp³-hybridized carbons (Fsp3) is 1.00. The van der Waals surface area contributed by atoms with Crippen LogP contribution in [0.4, 0.5) is 0 Å². The molecule has 0 aromatic rings. The van der Waals surface area contributed by atoms with Crippen molar-refractivity contribution in [3.63, 3.8) is 0 Å². The Morgan fingerprint density at radius 2 is 1.95 bits per heavy atom. The van der Waals surface area contributed by atoms with Crippen LogP contribution in [0.5, 0.6) is 0 Å². The summed E-state index contributed by atoms with van der Waals surface area (Å²) in [4.78, 5) is 0. The van der Waals surface area contributed by atoms with Crippen LogP contribution in [0.3, 0.4) is 0 Å². The molecule has 2 rings (SSSR count). The van der Waals surface area contributed by atoms with Crippen LogP contribution in [0.15, 0.2) is 0 Å². The van der Waals surface area contributed by atoms with Gasteiger partial charge in [-0.2, -0.15) is 0 Å². The van der Waals surface area contributed by atoms with Crippen molar-refractivity contribution in [2.24, 2.45) is 5.41 Å². The first-order chi connectivity index (χ1) is 9.39. The molecule has 0 bridgehead atoms. The van der Waals surface area contributed by atoms with Crippen molar-refractivity contribution in [1.29, 1.82) is 0 Å². The molecule has 1 aliphatic carbocycles. The zero-order valence-corrected chi connectivity index (χ0v) is 13.6. The minimum Gasteiger partial charge on any atom is -0.392 e. The maximum atomic E-state index is 10.1. The largest absolute Gasteiger partial charge is 0.392 e. The predicted octanol–water partition coefficient (Wildman–Crippen LogP) is 3.26. The van der Waals surface area contributed by atoms with E-state index in [4.69, 9.17) is 4.74 Å². The van der Waals surface area contributed by atoms with Gasteiger partial charge in [-0.1, -0.05) is 40.0 Å². The minimum atomic E-state index is -0.236. The van der Waals surface area contributed by atoms with Crippen LogP contribution in [0, 0.1) is 5.41 Å². The Morgan fingerprint density at radius 3 is 2.60 bits per heavy atom. The van der Waals surface area contributed by atoms with Crippen molar-refractivity contribution in [2.45, 2.75) is 89.9 Å². The van der Waals surface area contributed by atoms with Crippen LogP contribution in [-0.4, -0.2) is 36.0 Å². The maximum absolute atomic E-state index is 10.1. The van der Waals surface area contributed by atoms with Crippen LogP contribution in [0.2, 0.25) is 0 Å². The highest BCUT2D eigenvalue weighted by atomic mass is 16.5. The van der Waals surface area contributed by atoms with Gasteiger partial charge in [0.25, 0.3) is 0 Å². The van der Waals surface area contributed by atoms with E-state index in [0.29, 0.717) is 6.04 Å². The van der Waals surface area contributed by atoms with Gasteiger partial charge in [-0.3, -0.25) is 0 Å². The topological polar surface area (TPSA) is 41.5 Å². The number of ether oxygens (including phenoxy) is 1. The van der Waals surface area contributed by atoms with Gasteiger partial charge in [0, 0.05) is 19.2 Å². The minimum absolute atomic E-state index is 0.156. The van der Waals surface area contributed by atoms with Crippen molar-refractivity contribution in [3.05, 3.63) is 0 Å². The first-order valence-corrected chi connectivity index (χ1v) is 8.44. The molecule has 0 aromatic carbocycles. The van der Waals surface area contributed by atoms with Gasteiger partial charge in [-0.05, 0) is 37.5 Å². The lowest BCUT2D eigenvalue weighted by atomic mass is 9.78. The summed E-state index contributed by atoms with van der Waals surface area (Å²) in [7, 11) is 0. The molecule has 1 saturated heterocycles. The molecule has 2 unspecified atom stereocenters. The van der Waals surface area contributed by atoms with Crippen molar-refractivity contribution in [2.75, 3.05) is 13.2 Å². The molecule has 2 aliphatic rings. The number of hydrogen-bond acceptors (Lipinski definition) is 3. The second-order valence-corrected chi connectivity index (χ2v) is 8.11. The Hall–Kier alpha value is -0.120. The lowest BCUT2D eigenvalue weighted by Gasteiger charge is -2.44. The highest BCUT2D eigenvalue weighted by Gasteiger charge is 2.38. The summed E-state index contributed by atoms with van der Waals surface area (Å²) in [5.74, 6) is 0. The standard InChI is InChI=1S/C17H33NO2/c1-16(2,3)12-15(19)13-18-14-7-10-20-17(11-14)8-5-4-6-9-17/h14-15,18-19H,4-13H2,1-3H3. The summed E-state index contributed by atoms with van der Waals surface area (Å²) in [5, 5.41) is 13.7. The molecule has 3 heteroatoms. The fourth-order valence-electron chi connectivity index (χ4n) is 3.83. The highest BCUT2D eigenvalue weighted by molar-refractivity contribution is 4.92. The second-order valence-electron chi connectivity index (χ2n) is 8.11. The van der Waals surface area contributed by atoms with Crippen LogP contribution < -0.4 is 5.32 Å². The van der Waals surface area contributed by atoms with E-state index in [-0.39, 0.29) is 17.1 Å². The molecule has 2 atom stereocenters. The van der Waals surface area contributed by atoms with Crippen molar-refractivity contribution >= 4 is 0 Å². The predicted molar refractivity (Wildman–Crippen MR) is 82.9 cm³/mol. The van der Waals surface area contributed by atoms with Crippen molar-refractivity contribution in [3.8, 4) is 0 Å². The summed E-state index contributed by atoms with van der Waals surface area (Å²) in [5.41, 5.74) is 0.352. The fourth-order valence-corrected chi connectivity index (χ4v) is 3.83. The molecule has 2 fully saturated rings. The molecule has 1 saturated carbocycles. The number of nitrogens with one attached hydrogen (secondary N) is 1. The Balaban J connectivity index is 1.75. The third-order valence-corrected chi connectivity index (χ3v) is 4.75. The van der Waals surface area contributed by atoms with Gasteiger partial charge in [0.2, 0.25) is 0 Å². The Bertz CT molecular complexity index is 286. The summed E-state index contributed by atoms with van der Waals surface area (Å²) < 4.78 is 6.12. The third kappa shape index (κ3) is 5.01. The molecular formula is C17H33NO2. The van der Waals surface area contributed by atoms with E-state index in [1.54, 1.807) is 0 Å². The average Bonchev–Trinajstić information content (AvgIpc) is 2.35. The zero-order valence-electron chi connectivity index (χ0n) is 13.6. The smallest absolute Gasteiger partial charge is 0.0697 e. The van der Waals surface area contributed by atoms with Crippen LogP contribution in [0.1, 0.15) is 72.1 Å². The normalized spacial score (nSPS) is 28.5. The molecule has 0 aromatic heterocycles. The van der Waals surface area contributed by atoms with Gasteiger partial charge in [0.1, 0.15) is 0 Å². The second kappa shape index (κ2) is 6.76. The van der Waals surface area contributed by atoms with Gasteiger partial charge >= 0.3 is 0 Å². The van der Waals surface area contributed by atoms with Gasteiger partial charge in [-0.15, -0.1) is 0 Å². The number of rotatable bonds is 4. The Kier molecular flexibility index (Phi) is 5.49. The molecule has 1 spiro atoms. The van der Waals surface area contributed by atoms with E-state index >= 15 is 0 Å². The van der Waals surface area contributed by atoms with Gasteiger partial charge in [0.15, 0.2) is 0 Å². The maximum Gasteiger partial charge on any atom is 0.0697 e. The molecule has 1 aliphatic heterocycles. The lowest BCUT2D eigenvalue weighted by Crippen LogP contribution is -2.49. The summed E-state index contributed by atoms with van der Waals surface area (Å²) >= 11 is 0. The molecule has 20 heavy (non-hydrogen) atoms. The SMILES string of the molecule is CC(C)(C)CC(O)CNC1CCOC2(CCCCC2)C1. The van der Waals surface area contributed by atoms with Crippen LogP contribution in [0.25, 0.3) is 0 Å². The lowest BCUT2D eigenvalue weighted by molar-refractivity contribution is -0.109. The van der Waals surface area contributed by atoms with Gasteiger partial charge in [-0.25, -0.2) is 0 Å². The average molecular weight is 283 g/mol. The quantitative estimate of drug-likeness (QED) is 0.832. The van der Waals surface area contributed by atoms with Crippen molar-refractivity contribution < 1.29 is 9.84 Å². The zero-order chi connectivity index (χ0) is 14.6. The Morgan fingerprint density at radius 1 is 1.25 bits per heavy atom. The molecule has 0 radical (unpaired) electrons. The van der Waals surface area contributed by atoms with E-state index in [1.807, 2.05) is 0 Å². The molecule has 2 N–H and O–H groups in total. The van der Waals surface area contributed by atoms with E-state index in [2.05, 4.69) is 26.1 Å². The first kappa shape index (κ1) is 16.3. The summed E-state index contributed by atoms with van der Waals surface area (Å²) in [6.07, 6.45) is 9.31. The molecule has 118 valence electrons. The van der Waals surface area contributed by atoms with E-state index in [0.717, 1.165) is 32.4 Å². The molecule has 3 nitrogen and oxygen atoms in total. The number of aliphatic hydroxyl groups is 1. The molecule has 0 amide bonds. The Labute approximate surface area is 124 Å². The van der Waals surface area contributed by atoms with E-state index < -0.39 is 0 Å². The van der Waals surface area contributed by atoms with Gasteiger partial charge in [0.05, 0.1) is 11.7 Å². The van der Waals surface area contributed by atoms with Crippen molar-refractivity contribution in [1.82, 2.24) is 5.32 Å². The van der Waals surface area contributed by atoms with Crippen LogP contribution in [-0.2, 0) is 4.74 Å². The monoisotopic (exact) mass is 283 g/mol. The van der Waals surface area contributed by atoms with E-state index in [1.165, 1.54) is 32.1 Å². The third-order valence-electron chi connectivity index (χ3n) is 4.75. The molecular weight excluding hydrogens is 250 g/mol.